The first kappa shape index (κ1) is 23.7. The third kappa shape index (κ3) is 5.00. The van der Waals surface area contributed by atoms with Crippen LogP contribution in [0.25, 0.3) is 10.2 Å². The average molecular weight is 506 g/mol. The Morgan fingerprint density at radius 1 is 1.06 bits per heavy atom. The topological polar surface area (TPSA) is 70.6 Å². The van der Waals surface area contributed by atoms with Crippen molar-refractivity contribution in [2.45, 2.75) is 31.2 Å². The van der Waals surface area contributed by atoms with E-state index in [2.05, 4.69) is 6.07 Å². The number of hydrogen-bond acceptors (Lipinski definition) is 5. The van der Waals surface area contributed by atoms with E-state index in [0.717, 1.165) is 21.3 Å². The Kier molecular flexibility index (Phi) is 6.69. The number of carbonyl (C=O) groups is 1. The summed E-state index contributed by atoms with van der Waals surface area (Å²) in [5.74, 6) is -0.516. The molecule has 1 aliphatic heterocycles. The van der Waals surface area contributed by atoms with Gasteiger partial charge in [-0.2, -0.15) is 4.31 Å². The molecular weight excluding hydrogens is 478 g/mol. The second-order valence-electron chi connectivity index (χ2n) is 8.89. The van der Waals surface area contributed by atoms with Gasteiger partial charge in [0, 0.05) is 13.1 Å². The second kappa shape index (κ2) is 9.89. The predicted molar refractivity (Wildman–Crippen MR) is 140 cm³/mol. The standard InChI is InChI=1S/C27H27N3O3S2/c1-20-14-15-24-25(17-20)34-27(28-24)30(18-21-9-4-2-5-10-21)26(31)22-11-8-16-29(19-22)35(32,33)23-12-6-3-7-13-23/h2-7,9-10,12-15,17,22H,8,11,16,18-19H2,1H3. The molecule has 1 fully saturated rings. The van der Waals surface area contributed by atoms with E-state index in [-0.39, 0.29) is 17.3 Å². The molecule has 6 nitrogen and oxygen atoms in total. The van der Waals surface area contributed by atoms with Crippen LogP contribution in [0.3, 0.4) is 0 Å². The van der Waals surface area contributed by atoms with E-state index in [1.165, 1.54) is 15.6 Å². The summed E-state index contributed by atoms with van der Waals surface area (Å²) < 4.78 is 28.9. The van der Waals surface area contributed by atoms with Gasteiger partial charge in [0.25, 0.3) is 0 Å². The summed E-state index contributed by atoms with van der Waals surface area (Å²) in [7, 11) is -3.65. The molecule has 8 heteroatoms. The summed E-state index contributed by atoms with van der Waals surface area (Å²) in [6, 6.07) is 24.3. The Morgan fingerprint density at radius 2 is 1.77 bits per heavy atom. The number of aromatic nitrogens is 1. The fourth-order valence-electron chi connectivity index (χ4n) is 4.47. The molecule has 1 unspecified atom stereocenters. The minimum atomic E-state index is -3.65. The Morgan fingerprint density at radius 3 is 2.51 bits per heavy atom. The van der Waals surface area contributed by atoms with E-state index in [1.54, 1.807) is 35.2 Å². The van der Waals surface area contributed by atoms with Crippen molar-refractivity contribution in [3.05, 3.63) is 90.0 Å². The fraction of sp³-hybridized carbons (Fsp3) is 0.259. The highest BCUT2D eigenvalue weighted by Crippen LogP contribution is 2.33. The predicted octanol–water partition coefficient (Wildman–Crippen LogP) is 5.24. The molecule has 0 bridgehead atoms. The number of nitrogens with zero attached hydrogens (tertiary/aromatic N) is 3. The summed E-state index contributed by atoms with van der Waals surface area (Å²) >= 11 is 1.50. The molecule has 0 aliphatic carbocycles. The van der Waals surface area contributed by atoms with Crippen molar-refractivity contribution in [1.29, 1.82) is 0 Å². The molecule has 1 aromatic heterocycles. The monoisotopic (exact) mass is 505 g/mol. The highest BCUT2D eigenvalue weighted by atomic mass is 32.2. The van der Waals surface area contributed by atoms with Crippen molar-refractivity contribution < 1.29 is 13.2 Å². The van der Waals surface area contributed by atoms with Crippen molar-refractivity contribution in [1.82, 2.24) is 9.29 Å². The number of amides is 1. The molecule has 0 radical (unpaired) electrons. The molecule has 0 saturated carbocycles. The van der Waals surface area contributed by atoms with Crippen LogP contribution < -0.4 is 4.90 Å². The lowest BCUT2D eigenvalue weighted by molar-refractivity contribution is -0.123. The Bertz CT molecular complexity index is 1440. The van der Waals surface area contributed by atoms with E-state index in [9.17, 15) is 13.2 Å². The van der Waals surface area contributed by atoms with E-state index >= 15 is 0 Å². The van der Waals surface area contributed by atoms with Crippen molar-refractivity contribution in [2.24, 2.45) is 5.92 Å². The fourth-order valence-corrected chi connectivity index (χ4v) is 7.08. The molecule has 0 spiro atoms. The molecule has 35 heavy (non-hydrogen) atoms. The van der Waals surface area contributed by atoms with Gasteiger partial charge in [-0.15, -0.1) is 0 Å². The minimum absolute atomic E-state index is 0.0856. The second-order valence-corrected chi connectivity index (χ2v) is 11.8. The number of fused-ring (bicyclic) bond motifs is 1. The van der Waals surface area contributed by atoms with Gasteiger partial charge in [-0.3, -0.25) is 9.69 Å². The maximum absolute atomic E-state index is 13.9. The summed E-state index contributed by atoms with van der Waals surface area (Å²) in [6.07, 6.45) is 1.29. The zero-order valence-electron chi connectivity index (χ0n) is 19.5. The maximum Gasteiger partial charge on any atom is 0.243 e. The van der Waals surface area contributed by atoms with E-state index < -0.39 is 15.9 Å². The zero-order chi connectivity index (χ0) is 24.4. The van der Waals surface area contributed by atoms with Crippen LogP contribution in [-0.4, -0.2) is 36.7 Å². The molecule has 1 saturated heterocycles. The molecule has 1 amide bonds. The van der Waals surface area contributed by atoms with Gasteiger partial charge in [-0.25, -0.2) is 13.4 Å². The highest BCUT2D eigenvalue weighted by Gasteiger charge is 2.36. The van der Waals surface area contributed by atoms with Crippen molar-refractivity contribution >= 4 is 42.6 Å². The molecule has 5 rings (SSSR count). The van der Waals surface area contributed by atoms with Crippen LogP contribution >= 0.6 is 11.3 Å². The average Bonchev–Trinajstić information content (AvgIpc) is 3.31. The highest BCUT2D eigenvalue weighted by molar-refractivity contribution is 7.89. The Balaban J connectivity index is 1.45. The van der Waals surface area contributed by atoms with Crippen molar-refractivity contribution in [3.63, 3.8) is 0 Å². The van der Waals surface area contributed by atoms with Gasteiger partial charge in [-0.05, 0) is 55.2 Å². The summed E-state index contributed by atoms with van der Waals surface area (Å²) in [5.41, 5.74) is 3.00. The van der Waals surface area contributed by atoms with Crippen LogP contribution in [0.2, 0.25) is 0 Å². The van der Waals surface area contributed by atoms with Crippen LogP contribution in [0.15, 0.2) is 83.8 Å². The number of aryl methyl sites for hydroxylation is 1. The minimum Gasteiger partial charge on any atom is -0.283 e. The summed E-state index contributed by atoms with van der Waals surface area (Å²) in [5, 5.41) is 0.641. The first-order chi connectivity index (χ1) is 16.9. The van der Waals surface area contributed by atoms with E-state index in [4.69, 9.17) is 4.98 Å². The molecule has 1 aliphatic rings. The number of sulfonamides is 1. The van der Waals surface area contributed by atoms with Gasteiger partial charge in [0.15, 0.2) is 5.13 Å². The maximum atomic E-state index is 13.9. The third-order valence-electron chi connectivity index (χ3n) is 6.33. The van der Waals surface area contributed by atoms with Gasteiger partial charge in [-0.1, -0.05) is 65.9 Å². The van der Waals surface area contributed by atoms with Gasteiger partial charge in [0.2, 0.25) is 15.9 Å². The number of hydrogen-bond donors (Lipinski definition) is 0. The number of carbonyl (C=O) groups excluding carboxylic acids is 1. The smallest absolute Gasteiger partial charge is 0.243 e. The van der Waals surface area contributed by atoms with Crippen LogP contribution in [0, 0.1) is 12.8 Å². The molecule has 4 aromatic rings. The zero-order valence-corrected chi connectivity index (χ0v) is 21.1. The van der Waals surface area contributed by atoms with Gasteiger partial charge in [0.1, 0.15) is 0 Å². The quantitative estimate of drug-likeness (QED) is 0.359. The lowest BCUT2D eigenvalue weighted by Gasteiger charge is -2.33. The summed E-state index contributed by atoms with van der Waals surface area (Å²) in [4.78, 5) is 20.7. The SMILES string of the molecule is Cc1ccc2nc(N(Cc3ccccc3)C(=O)C3CCCN(S(=O)(=O)c4ccccc4)C3)sc2c1. The largest absolute Gasteiger partial charge is 0.283 e. The van der Waals surface area contributed by atoms with E-state index in [0.29, 0.717) is 31.1 Å². The molecule has 3 aromatic carbocycles. The lowest BCUT2D eigenvalue weighted by atomic mass is 9.98. The van der Waals surface area contributed by atoms with Crippen LogP contribution in [0.4, 0.5) is 5.13 Å². The third-order valence-corrected chi connectivity index (χ3v) is 9.25. The molecular formula is C27H27N3O3S2. The van der Waals surface area contributed by atoms with Gasteiger partial charge < -0.3 is 0 Å². The molecule has 0 N–H and O–H groups in total. The number of rotatable bonds is 6. The first-order valence-corrected chi connectivity index (χ1v) is 14.0. The lowest BCUT2D eigenvalue weighted by Crippen LogP contribution is -2.46. The van der Waals surface area contributed by atoms with Crippen molar-refractivity contribution in [2.75, 3.05) is 18.0 Å². The number of anilines is 1. The molecule has 1 atom stereocenters. The Hall–Kier alpha value is -3.07. The molecule has 2 heterocycles. The number of piperidine rings is 1. The van der Waals surface area contributed by atoms with Crippen LogP contribution in [-0.2, 0) is 21.4 Å². The first-order valence-electron chi connectivity index (χ1n) is 11.7. The summed E-state index contributed by atoms with van der Waals surface area (Å²) in [6.45, 7) is 3.02. The normalized spacial score (nSPS) is 16.9. The van der Waals surface area contributed by atoms with Crippen LogP contribution in [0.1, 0.15) is 24.0 Å². The number of thiazole rings is 1. The number of benzene rings is 3. The van der Waals surface area contributed by atoms with Gasteiger partial charge in [0.05, 0.1) is 27.6 Å². The Labute approximate surface area is 209 Å². The van der Waals surface area contributed by atoms with E-state index in [1.807, 2.05) is 49.4 Å². The molecule has 180 valence electrons. The van der Waals surface area contributed by atoms with Crippen LogP contribution in [0.5, 0.6) is 0 Å². The van der Waals surface area contributed by atoms with Crippen molar-refractivity contribution in [3.8, 4) is 0 Å². The van der Waals surface area contributed by atoms with Gasteiger partial charge >= 0.3 is 0 Å².